The molecule has 2 unspecified atom stereocenters. The maximum absolute atomic E-state index is 4.36. The molecule has 2 aromatic rings. The van der Waals surface area contributed by atoms with Crippen molar-refractivity contribution >= 4 is 5.95 Å². The van der Waals surface area contributed by atoms with Gasteiger partial charge in [0, 0.05) is 13.1 Å². The summed E-state index contributed by atoms with van der Waals surface area (Å²) in [7, 11) is 2.08. The first kappa shape index (κ1) is 10.3. The third-order valence-corrected chi connectivity index (χ3v) is 3.57. The van der Waals surface area contributed by atoms with Crippen LogP contribution in [-0.2, 0) is 0 Å². The van der Waals surface area contributed by atoms with E-state index in [1.165, 1.54) is 5.56 Å². The minimum absolute atomic E-state index is 0.305. The van der Waals surface area contributed by atoms with Crippen molar-refractivity contribution in [2.24, 2.45) is 0 Å². The van der Waals surface area contributed by atoms with Crippen molar-refractivity contribution in [3.63, 3.8) is 0 Å². The van der Waals surface area contributed by atoms with Crippen molar-refractivity contribution in [1.29, 1.82) is 0 Å². The fourth-order valence-electron chi connectivity index (χ4n) is 2.45. The highest BCUT2D eigenvalue weighted by Crippen LogP contribution is 2.32. The van der Waals surface area contributed by atoms with E-state index in [9.17, 15) is 0 Å². The Labute approximate surface area is 101 Å². The number of fused-ring (bicyclic) bond motifs is 1. The Bertz CT molecular complexity index is 505. The molecule has 0 N–H and O–H groups in total. The molecule has 2 heterocycles. The molecule has 88 valence electrons. The predicted molar refractivity (Wildman–Crippen MR) is 67.1 cm³/mol. The predicted octanol–water partition coefficient (Wildman–Crippen LogP) is 2.10. The summed E-state index contributed by atoms with van der Waals surface area (Å²) in [5.41, 5.74) is 1.30. The van der Waals surface area contributed by atoms with Gasteiger partial charge in [-0.3, -0.25) is 0 Å². The quantitative estimate of drug-likeness (QED) is 0.749. The SMILES string of the molecule is CC1CC(c2ccccc2)n2ncnc2N1C. The molecule has 1 aromatic heterocycles. The van der Waals surface area contributed by atoms with Gasteiger partial charge >= 0.3 is 0 Å². The van der Waals surface area contributed by atoms with Crippen molar-refractivity contribution in [2.75, 3.05) is 11.9 Å². The number of anilines is 1. The van der Waals surface area contributed by atoms with Gasteiger partial charge in [-0.1, -0.05) is 30.3 Å². The standard InChI is InChI=1S/C13H16N4/c1-10-8-12(11-6-4-3-5-7-11)17-13(16(10)2)14-9-15-17/h3-7,9-10,12H,8H2,1-2H3. The summed E-state index contributed by atoms with van der Waals surface area (Å²) in [6, 6.07) is 11.3. The molecular formula is C13H16N4. The van der Waals surface area contributed by atoms with Crippen LogP contribution >= 0.6 is 0 Å². The van der Waals surface area contributed by atoms with Crippen molar-refractivity contribution in [2.45, 2.75) is 25.4 Å². The minimum Gasteiger partial charge on any atom is -0.341 e. The van der Waals surface area contributed by atoms with Crippen LogP contribution in [-0.4, -0.2) is 27.9 Å². The Morgan fingerprint density at radius 3 is 2.76 bits per heavy atom. The number of hydrogen-bond acceptors (Lipinski definition) is 3. The molecule has 1 aliphatic rings. The molecule has 2 atom stereocenters. The van der Waals surface area contributed by atoms with E-state index in [2.05, 4.69) is 53.2 Å². The number of hydrogen-bond donors (Lipinski definition) is 0. The van der Waals surface area contributed by atoms with Gasteiger partial charge in [-0.05, 0) is 18.9 Å². The summed E-state index contributed by atoms with van der Waals surface area (Å²) < 4.78 is 2.02. The Kier molecular flexibility index (Phi) is 2.35. The first-order chi connectivity index (χ1) is 8.27. The summed E-state index contributed by atoms with van der Waals surface area (Å²) >= 11 is 0. The van der Waals surface area contributed by atoms with Crippen LogP contribution in [0.2, 0.25) is 0 Å². The lowest BCUT2D eigenvalue weighted by molar-refractivity contribution is 0.402. The molecule has 0 amide bonds. The van der Waals surface area contributed by atoms with Gasteiger partial charge in [0.15, 0.2) is 0 Å². The molecule has 1 aliphatic heterocycles. The average molecular weight is 228 g/mol. The number of rotatable bonds is 1. The van der Waals surface area contributed by atoms with Gasteiger partial charge in [0.2, 0.25) is 5.95 Å². The van der Waals surface area contributed by atoms with E-state index in [1.807, 2.05) is 10.7 Å². The molecule has 0 bridgehead atoms. The molecule has 0 aliphatic carbocycles. The Hall–Kier alpha value is -1.84. The fraction of sp³-hybridized carbons (Fsp3) is 0.385. The highest BCUT2D eigenvalue weighted by atomic mass is 15.5. The normalized spacial score (nSPS) is 23.5. The highest BCUT2D eigenvalue weighted by molar-refractivity contribution is 5.36. The van der Waals surface area contributed by atoms with Crippen LogP contribution in [0.3, 0.4) is 0 Å². The Morgan fingerprint density at radius 1 is 1.24 bits per heavy atom. The number of benzene rings is 1. The number of nitrogens with zero attached hydrogens (tertiary/aromatic N) is 4. The summed E-state index contributed by atoms with van der Waals surface area (Å²) in [5.74, 6) is 0.956. The van der Waals surface area contributed by atoms with E-state index in [4.69, 9.17) is 0 Å². The fourth-order valence-corrected chi connectivity index (χ4v) is 2.45. The van der Waals surface area contributed by atoms with Crippen LogP contribution in [0.5, 0.6) is 0 Å². The molecular weight excluding hydrogens is 212 g/mol. The Morgan fingerprint density at radius 2 is 2.00 bits per heavy atom. The summed E-state index contributed by atoms with van der Waals surface area (Å²) in [4.78, 5) is 6.53. The molecule has 0 saturated heterocycles. The second-order valence-electron chi connectivity index (χ2n) is 4.63. The third kappa shape index (κ3) is 1.60. The van der Waals surface area contributed by atoms with Gasteiger partial charge in [0.1, 0.15) is 6.33 Å². The van der Waals surface area contributed by atoms with Crippen molar-refractivity contribution in [3.8, 4) is 0 Å². The van der Waals surface area contributed by atoms with Crippen LogP contribution in [0, 0.1) is 0 Å². The molecule has 1 aromatic carbocycles. The summed E-state index contributed by atoms with van der Waals surface area (Å²) in [6.07, 6.45) is 2.71. The van der Waals surface area contributed by atoms with Crippen molar-refractivity contribution < 1.29 is 0 Å². The molecule has 4 nitrogen and oxygen atoms in total. The molecule has 3 rings (SSSR count). The van der Waals surface area contributed by atoms with Crippen LogP contribution in [0.15, 0.2) is 36.7 Å². The van der Waals surface area contributed by atoms with E-state index in [0.29, 0.717) is 12.1 Å². The lowest BCUT2D eigenvalue weighted by Gasteiger charge is -2.36. The van der Waals surface area contributed by atoms with E-state index in [-0.39, 0.29) is 0 Å². The maximum Gasteiger partial charge on any atom is 0.224 e. The lowest BCUT2D eigenvalue weighted by Crippen LogP contribution is -2.39. The van der Waals surface area contributed by atoms with E-state index >= 15 is 0 Å². The largest absolute Gasteiger partial charge is 0.341 e. The first-order valence-corrected chi connectivity index (χ1v) is 5.94. The first-order valence-electron chi connectivity index (χ1n) is 5.94. The molecule has 17 heavy (non-hydrogen) atoms. The molecule has 0 radical (unpaired) electrons. The van der Waals surface area contributed by atoms with E-state index in [0.717, 1.165) is 12.4 Å². The van der Waals surface area contributed by atoms with Gasteiger partial charge in [-0.25, -0.2) is 4.68 Å². The van der Waals surface area contributed by atoms with Crippen LogP contribution in [0.4, 0.5) is 5.95 Å². The molecule has 0 spiro atoms. The van der Waals surface area contributed by atoms with Crippen molar-refractivity contribution in [1.82, 2.24) is 14.8 Å². The van der Waals surface area contributed by atoms with Gasteiger partial charge in [-0.15, -0.1) is 0 Å². The summed E-state index contributed by atoms with van der Waals surface area (Å²) in [6.45, 7) is 2.23. The van der Waals surface area contributed by atoms with Crippen molar-refractivity contribution in [3.05, 3.63) is 42.2 Å². The summed E-state index contributed by atoms with van der Waals surface area (Å²) in [5, 5.41) is 4.36. The minimum atomic E-state index is 0.305. The van der Waals surface area contributed by atoms with Gasteiger partial charge < -0.3 is 4.90 Å². The topological polar surface area (TPSA) is 34.0 Å². The zero-order valence-electron chi connectivity index (χ0n) is 10.1. The second kappa shape index (κ2) is 3.87. The third-order valence-electron chi connectivity index (χ3n) is 3.57. The van der Waals surface area contributed by atoms with Gasteiger partial charge in [0.25, 0.3) is 0 Å². The maximum atomic E-state index is 4.36. The monoisotopic (exact) mass is 228 g/mol. The zero-order valence-corrected chi connectivity index (χ0v) is 10.1. The second-order valence-corrected chi connectivity index (χ2v) is 4.63. The number of aromatic nitrogens is 3. The molecule has 4 heteroatoms. The van der Waals surface area contributed by atoms with E-state index in [1.54, 1.807) is 6.33 Å². The van der Waals surface area contributed by atoms with Crippen LogP contribution < -0.4 is 4.90 Å². The molecule has 0 fully saturated rings. The lowest BCUT2D eigenvalue weighted by atomic mass is 9.98. The van der Waals surface area contributed by atoms with E-state index < -0.39 is 0 Å². The highest BCUT2D eigenvalue weighted by Gasteiger charge is 2.30. The molecule has 0 saturated carbocycles. The smallest absolute Gasteiger partial charge is 0.224 e. The Balaban J connectivity index is 2.06. The average Bonchev–Trinajstić information content (AvgIpc) is 2.84. The van der Waals surface area contributed by atoms with Gasteiger partial charge in [-0.2, -0.15) is 10.1 Å². The van der Waals surface area contributed by atoms with Crippen LogP contribution in [0.25, 0.3) is 0 Å². The van der Waals surface area contributed by atoms with Gasteiger partial charge in [0.05, 0.1) is 6.04 Å². The zero-order chi connectivity index (χ0) is 11.8. The van der Waals surface area contributed by atoms with Crippen LogP contribution in [0.1, 0.15) is 24.9 Å².